The molecule has 4 N–H and O–H groups in total. The molecule has 6 heterocycles. The van der Waals surface area contributed by atoms with E-state index in [1.807, 2.05) is 73.4 Å². The van der Waals surface area contributed by atoms with Gasteiger partial charge in [0.2, 0.25) is 11.8 Å². The predicted octanol–water partition coefficient (Wildman–Crippen LogP) is 6.50. The van der Waals surface area contributed by atoms with Crippen molar-refractivity contribution in [1.29, 1.82) is 0 Å². The third-order valence-electron chi connectivity index (χ3n) is 10.9. The number of methoxy groups -OCH3 is 2. The van der Waals surface area contributed by atoms with Crippen molar-refractivity contribution < 1.29 is 28.7 Å². The maximum atomic E-state index is 13.6. The van der Waals surface area contributed by atoms with Gasteiger partial charge in [-0.1, -0.05) is 64.1 Å². The van der Waals surface area contributed by atoms with E-state index in [2.05, 4.69) is 57.0 Å². The van der Waals surface area contributed by atoms with E-state index in [1.165, 1.54) is 19.1 Å². The average molecular weight is 803 g/mol. The molecule has 0 radical (unpaired) electrons. The molecule has 0 saturated carbocycles. The number of H-pyrrole nitrogens is 2. The number of benzene rings is 1. The van der Waals surface area contributed by atoms with Gasteiger partial charge in [-0.3, -0.25) is 9.59 Å². The van der Waals surface area contributed by atoms with Gasteiger partial charge in [0, 0.05) is 33.4 Å². The van der Waals surface area contributed by atoms with Crippen LogP contribution in [0.25, 0.3) is 21.1 Å². The molecule has 298 valence electrons. The first kappa shape index (κ1) is 39.5. The molecule has 0 bridgehead atoms. The Morgan fingerprint density at radius 3 is 1.64 bits per heavy atom. The van der Waals surface area contributed by atoms with Crippen molar-refractivity contribution in [2.24, 2.45) is 11.8 Å². The molecule has 3 aromatic rings. The van der Waals surface area contributed by atoms with Crippen LogP contribution in [-0.2, 0) is 19.1 Å². The topological polar surface area (TPSA) is 175 Å². The van der Waals surface area contributed by atoms with Crippen molar-refractivity contribution in [3.05, 3.63) is 71.7 Å². The van der Waals surface area contributed by atoms with Crippen LogP contribution in [0.4, 0.5) is 9.59 Å². The minimum absolute atomic E-state index is 0.0935. The zero-order valence-electron chi connectivity index (χ0n) is 32.5. The molecule has 4 aliphatic rings. The van der Waals surface area contributed by atoms with Crippen LogP contribution in [0.5, 0.6) is 0 Å². The molecule has 0 spiro atoms. The van der Waals surface area contributed by atoms with Crippen LogP contribution in [0.15, 0.2) is 48.8 Å². The maximum Gasteiger partial charge on any atom is 0.407 e. The number of nitrogens with one attached hydrogen (secondary N) is 4. The molecule has 4 amide bonds. The van der Waals surface area contributed by atoms with Gasteiger partial charge in [-0.05, 0) is 48.6 Å². The third kappa shape index (κ3) is 8.08. The summed E-state index contributed by atoms with van der Waals surface area (Å²) in [6.07, 6.45) is 10.4. The summed E-state index contributed by atoms with van der Waals surface area (Å²) in [6, 6.07) is 6.75. The first-order valence-corrected chi connectivity index (χ1v) is 21.0. The first-order chi connectivity index (χ1) is 26.9. The Morgan fingerprint density at radius 2 is 1.14 bits per heavy atom. The van der Waals surface area contributed by atoms with Crippen LogP contribution in [0.1, 0.15) is 88.4 Å². The van der Waals surface area contributed by atoms with Crippen LogP contribution >= 0.6 is 23.5 Å². The van der Waals surface area contributed by atoms with Crippen LogP contribution < -0.4 is 10.6 Å². The molecule has 4 aliphatic heterocycles. The molecular weight excluding hydrogens is 753 g/mol. The number of carbonyl (C=O) groups excluding carboxylic acids is 4. The lowest BCUT2D eigenvalue weighted by Crippen LogP contribution is -2.51. The second-order valence-corrected chi connectivity index (χ2v) is 17.7. The molecule has 56 heavy (non-hydrogen) atoms. The first-order valence-electron chi connectivity index (χ1n) is 19.2. The van der Waals surface area contributed by atoms with E-state index in [1.54, 1.807) is 0 Å². The lowest BCUT2D eigenvalue weighted by molar-refractivity contribution is -0.136. The SMILES string of the molecule is COC(=O)N[C@H](C(=O)N1CCC[C@H]1c1ncc(C2=CC3SC(c4ccc(-c5cnc([C@@H]6CCCN6C(=O)[C@@H](NC(=O)OC)C(C)C)[nH]5)cc4)=CC3S2)[nH]1)C(C)C. The van der Waals surface area contributed by atoms with E-state index in [-0.39, 0.29) is 35.7 Å². The summed E-state index contributed by atoms with van der Waals surface area (Å²) in [5, 5.41) is 6.00. The fourth-order valence-electron chi connectivity index (χ4n) is 7.86. The van der Waals surface area contributed by atoms with E-state index in [9.17, 15) is 19.2 Å². The molecule has 2 fully saturated rings. The smallest absolute Gasteiger partial charge is 0.407 e. The normalized spacial score (nSPS) is 22.9. The highest BCUT2D eigenvalue weighted by molar-refractivity contribution is 8.14. The summed E-state index contributed by atoms with van der Waals surface area (Å²) in [6.45, 7) is 8.85. The largest absolute Gasteiger partial charge is 0.453 e. The van der Waals surface area contributed by atoms with Crippen LogP contribution in [-0.4, -0.2) is 104 Å². The van der Waals surface area contributed by atoms with Gasteiger partial charge in [0.1, 0.15) is 23.7 Å². The number of aromatic nitrogens is 4. The van der Waals surface area contributed by atoms with E-state index in [4.69, 9.17) is 19.4 Å². The number of hydrogen-bond donors (Lipinski definition) is 4. The summed E-state index contributed by atoms with van der Waals surface area (Å²) in [5.41, 5.74) is 4.00. The van der Waals surface area contributed by atoms with E-state index in [0.717, 1.165) is 64.8 Å². The number of aromatic amines is 2. The number of hydrogen-bond acceptors (Lipinski definition) is 10. The van der Waals surface area contributed by atoms with Crippen molar-refractivity contribution in [2.45, 2.75) is 88.0 Å². The number of rotatable bonds is 11. The van der Waals surface area contributed by atoms with E-state index in [0.29, 0.717) is 23.6 Å². The Labute approximate surface area is 335 Å². The number of ether oxygens (including phenoxy) is 2. The Balaban J connectivity index is 0.967. The molecule has 0 aliphatic carbocycles. The molecule has 1 aromatic carbocycles. The molecule has 7 rings (SSSR count). The zero-order valence-corrected chi connectivity index (χ0v) is 34.2. The summed E-state index contributed by atoms with van der Waals surface area (Å²) in [5.74, 6) is 1.06. The number of thioether (sulfide) groups is 2. The van der Waals surface area contributed by atoms with Gasteiger partial charge in [0.15, 0.2) is 0 Å². The number of carbonyl (C=O) groups is 4. The Morgan fingerprint density at radius 1 is 0.696 bits per heavy atom. The third-order valence-corrected chi connectivity index (χ3v) is 13.7. The molecule has 14 nitrogen and oxygen atoms in total. The van der Waals surface area contributed by atoms with Gasteiger partial charge < -0.3 is 39.9 Å². The Bertz CT molecular complexity index is 2010. The van der Waals surface area contributed by atoms with Gasteiger partial charge in [-0.2, -0.15) is 0 Å². The van der Waals surface area contributed by atoms with Crippen molar-refractivity contribution in [1.82, 2.24) is 40.4 Å². The van der Waals surface area contributed by atoms with Crippen molar-refractivity contribution in [2.75, 3.05) is 27.3 Å². The number of imidazole rings is 2. The van der Waals surface area contributed by atoms with E-state index < -0.39 is 24.3 Å². The molecular formula is C40H50N8O6S2. The maximum absolute atomic E-state index is 13.6. The summed E-state index contributed by atoms with van der Waals surface area (Å²) in [7, 11) is 2.59. The Hall–Kier alpha value is -4.70. The predicted molar refractivity (Wildman–Crippen MR) is 217 cm³/mol. The zero-order chi connectivity index (χ0) is 39.7. The fraction of sp³-hybridized carbons (Fsp3) is 0.500. The minimum atomic E-state index is -0.680. The van der Waals surface area contributed by atoms with Gasteiger partial charge in [-0.15, -0.1) is 23.5 Å². The number of alkyl carbamates (subject to hydrolysis) is 2. The van der Waals surface area contributed by atoms with Crippen molar-refractivity contribution in [3.63, 3.8) is 0 Å². The second kappa shape index (κ2) is 16.8. The van der Waals surface area contributed by atoms with Crippen LogP contribution in [0.3, 0.4) is 0 Å². The van der Waals surface area contributed by atoms with Gasteiger partial charge in [-0.25, -0.2) is 19.6 Å². The number of likely N-dealkylation sites (tertiary alicyclic amines) is 2. The number of nitrogens with zero attached hydrogens (tertiary/aromatic N) is 4. The van der Waals surface area contributed by atoms with Gasteiger partial charge >= 0.3 is 12.2 Å². The molecule has 2 saturated heterocycles. The quantitative estimate of drug-likeness (QED) is 0.168. The van der Waals surface area contributed by atoms with Gasteiger partial charge in [0.25, 0.3) is 0 Å². The summed E-state index contributed by atoms with van der Waals surface area (Å²) in [4.78, 5) is 73.5. The summed E-state index contributed by atoms with van der Waals surface area (Å²) < 4.78 is 9.53. The highest BCUT2D eigenvalue weighted by Crippen LogP contribution is 2.53. The highest BCUT2D eigenvalue weighted by atomic mass is 32.2. The summed E-state index contributed by atoms with van der Waals surface area (Å²) >= 11 is 3.68. The van der Waals surface area contributed by atoms with E-state index >= 15 is 0 Å². The molecule has 6 atom stereocenters. The molecule has 16 heteroatoms. The number of fused-ring (bicyclic) bond motifs is 1. The lowest BCUT2D eigenvalue weighted by atomic mass is 10.0. The minimum Gasteiger partial charge on any atom is -0.453 e. The monoisotopic (exact) mass is 802 g/mol. The van der Waals surface area contributed by atoms with Crippen molar-refractivity contribution >= 4 is 57.3 Å². The van der Waals surface area contributed by atoms with Gasteiger partial charge in [0.05, 0.1) is 50.1 Å². The lowest BCUT2D eigenvalue weighted by Gasteiger charge is -2.30. The molecule has 2 aromatic heterocycles. The average Bonchev–Trinajstić information content (AvgIpc) is 4.04. The Kier molecular flexibility index (Phi) is 11.9. The van der Waals surface area contributed by atoms with Crippen molar-refractivity contribution in [3.8, 4) is 11.3 Å². The number of amides is 4. The highest BCUT2D eigenvalue weighted by Gasteiger charge is 2.40. The second-order valence-electron chi connectivity index (χ2n) is 15.3. The standard InChI is InChI=1S/C40H50N8O6S2/c1-21(2)33(45-39(51)53-5)37(49)47-15-7-9-27(47)35-41-19-25(43-35)23-11-13-24(14-12-23)29-17-31-32(55-29)18-30(56-31)26-20-42-36(44-26)28-10-8-16-48(28)38(50)34(22(3)4)46-40(52)54-6/h11-14,17-22,27-28,31-34H,7-10,15-16H2,1-6H3,(H,41,43)(H,42,44)(H,45,51)(H,46,52)/t27-,28-,31?,32?,33-,34-/m0/s1. The fourth-order valence-corrected chi connectivity index (χ4v) is 10.7. The molecule has 2 unspecified atom stereocenters. The van der Waals surface area contributed by atoms with Crippen LogP contribution in [0, 0.1) is 11.8 Å². The van der Waals surface area contributed by atoms with Crippen LogP contribution in [0.2, 0.25) is 0 Å².